The van der Waals surface area contributed by atoms with Gasteiger partial charge in [0.2, 0.25) is 0 Å². The van der Waals surface area contributed by atoms with Crippen molar-refractivity contribution in [1.82, 2.24) is 20.2 Å². The second-order valence-electron chi connectivity index (χ2n) is 6.19. The summed E-state index contributed by atoms with van der Waals surface area (Å²) < 4.78 is 0. The van der Waals surface area contributed by atoms with Crippen LogP contribution in [0, 0.1) is 5.92 Å². The molecule has 5 heteroatoms. The lowest BCUT2D eigenvalue weighted by molar-refractivity contribution is 0.263. The van der Waals surface area contributed by atoms with Gasteiger partial charge in [-0.3, -0.25) is 4.90 Å². The molecule has 1 saturated heterocycles. The van der Waals surface area contributed by atoms with Crippen molar-refractivity contribution in [1.29, 1.82) is 0 Å². The first-order chi connectivity index (χ1) is 10.3. The Morgan fingerprint density at radius 3 is 3.19 bits per heavy atom. The van der Waals surface area contributed by atoms with E-state index >= 15 is 0 Å². The zero-order chi connectivity index (χ0) is 14.7. The number of thioether (sulfide) groups is 1. The minimum Gasteiger partial charge on any atom is -0.317 e. The number of aryl methyl sites for hydroxylation is 1. The summed E-state index contributed by atoms with van der Waals surface area (Å²) >= 11 is 2.02. The molecular formula is C16H26N4S. The molecule has 1 aromatic rings. The van der Waals surface area contributed by atoms with Gasteiger partial charge in [0.1, 0.15) is 5.82 Å². The van der Waals surface area contributed by atoms with Gasteiger partial charge in [-0.2, -0.15) is 11.8 Å². The minimum atomic E-state index is 0.397. The molecule has 116 valence electrons. The quantitative estimate of drug-likeness (QED) is 0.920. The zero-order valence-corrected chi connectivity index (χ0v) is 14.0. The Balaban J connectivity index is 1.71. The van der Waals surface area contributed by atoms with Crippen molar-refractivity contribution in [3.63, 3.8) is 0 Å². The molecule has 1 aliphatic carbocycles. The van der Waals surface area contributed by atoms with Crippen LogP contribution in [0.5, 0.6) is 0 Å². The van der Waals surface area contributed by atoms with Crippen LogP contribution in [0.3, 0.4) is 0 Å². The highest BCUT2D eigenvalue weighted by Gasteiger charge is 2.26. The highest BCUT2D eigenvalue weighted by Crippen LogP contribution is 2.28. The summed E-state index contributed by atoms with van der Waals surface area (Å²) in [4.78, 5) is 12.0. The molecular weight excluding hydrogens is 280 g/mol. The van der Waals surface area contributed by atoms with Crippen molar-refractivity contribution in [2.45, 2.75) is 32.2 Å². The van der Waals surface area contributed by atoms with E-state index in [2.05, 4.69) is 30.4 Å². The number of fused-ring (bicyclic) bond motifs is 1. The third-order valence-corrected chi connectivity index (χ3v) is 5.67. The van der Waals surface area contributed by atoms with Crippen molar-refractivity contribution in [3.8, 4) is 0 Å². The van der Waals surface area contributed by atoms with E-state index in [1.165, 1.54) is 23.4 Å². The zero-order valence-electron chi connectivity index (χ0n) is 13.1. The number of hydrogen-bond donors (Lipinski definition) is 1. The summed E-state index contributed by atoms with van der Waals surface area (Å²) in [6.45, 7) is 5.50. The fraction of sp³-hybridized carbons (Fsp3) is 0.750. The average molecular weight is 306 g/mol. The van der Waals surface area contributed by atoms with Crippen LogP contribution in [0.2, 0.25) is 0 Å². The number of nitrogens with zero attached hydrogens (tertiary/aromatic N) is 3. The Hall–Kier alpha value is -0.650. The van der Waals surface area contributed by atoms with Gasteiger partial charge in [-0.15, -0.1) is 0 Å². The molecule has 0 aromatic carbocycles. The summed E-state index contributed by atoms with van der Waals surface area (Å²) in [5.74, 6) is 4.14. The van der Waals surface area contributed by atoms with Crippen LogP contribution in [-0.4, -0.2) is 53.1 Å². The van der Waals surface area contributed by atoms with Gasteiger partial charge in [0.25, 0.3) is 0 Å². The fourth-order valence-corrected chi connectivity index (χ4v) is 4.45. The Kier molecular flexibility index (Phi) is 5.14. The number of rotatable bonds is 4. The van der Waals surface area contributed by atoms with Gasteiger partial charge in [0, 0.05) is 29.9 Å². The molecule has 2 unspecified atom stereocenters. The van der Waals surface area contributed by atoms with Gasteiger partial charge in [0.15, 0.2) is 0 Å². The molecule has 3 rings (SSSR count). The van der Waals surface area contributed by atoms with Crippen LogP contribution < -0.4 is 5.32 Å². The molecule has 1 N–H and O–H groups in total. The van der Waals surface area contributed by atoms with Crippen molar-refractivity contribution in [2.24, 2.45) is 5.92 Å². The lowest BCUT2D eigenvalue weighted by atomic mass is 9.87. The van der Waals surface area contributed by atoms with Crippen LogP contribution in [0.25, 0.3) is 0 Å². The molecule has 4 nitrogen and oxygen atoms in total. The molecule has 0 spiro atoms. The predicted octanol–water partition coefficient (Wildman–Crippen LogP) is 1.91. The SMILES string of the molecule is CCNCC1CCc2nc(C3CSCCN3C)ncc2C1. The molecule has 2 aliphatic rings. The van der Waals surface area contributed by atoms with Gasteiger partial charge in [-0.05, 0) is 50.9 Å². The normalized spacial score (nSPS) is 26.6. The maximum Gasteiger partial charge on any atom is 0.146 e. The van der Waals surface area contributed by atoms with Crippen molar-refractivity contribution in [3.05, 3.63) is 23.3 Å². The lowest BCUT2D eigenvalue weighted by Crippen LogP contribution is -2.34. The van der Waals surface area contributed by atoms with E-state index in [1.807, 2.05) is 11.8 Å². The third-order valence-electron chi connectivity index (χ3n) is 4.65. The molecule has 0 radical (unpaired) electrons. The van der Waals surface area contributed by atoms with Crippen LogP contribution in [-0.2, 0) is 12.8 Å². The molecule has 0 amide bonds. The van der Waals surface area contributed by atoms with Crippen LogP contribution in [0.1, 0.15) is 36.5 Å². The second kappa shape index (κ2) is 7.07. The lowest BCUT2D eigenvalue weighted by Gasteiger charge is -2.32. The highest BCUT2D eigenvalue weighted by molar-refractivity contribution is 7.99. The summed E-state index contributed by atoms with van der Waals surface area (Å²) in [5.41, 5.74) is 2.68. The summed E-state index contributed by atoms with van der Waals surface area (Å²) in [7, 11) is 2.19. The molecule has 1 aliphatic heterocycles. The van der Waals surface area contributed by atoms with E-state index in [1.54, 1.807) is 0 Å². The Bertz CT molecular complexity index is 479. The van der Waals surface area contributed by atoms with Crippen molar-refractivity contribution >= 4 is 11.8 Å². The summed E-state index contributed by atoms with van der Waals surface area (Å²) in [5, 5.41) is 3.47. The Labute approximate surface area is 132 Å². The van der Waals surface area contributed by atoms with E-state index in [-0.39, 0.29) is 0 Å². The van der Waals surface area contributed by atoms with E-state index in [9.17, 15) is 0 Å². The highest BCUT2D eigenvalue weighted by atomic mass is 32.2. The number of nitrogens with one attached hydrogen (secondary N) is 1. The summed E-state index contributed by atoms with van der Waals surface area (Å²) in [6, 6.07) is 0.397. The van der Waals surface area contributed by atoms with E-state index in [0.717, 1.165) is 50.0 Å². The van der Waals surface area contributed by atoms with E-state index < -0.39 is 0 Å². The second-order valence-corrected chi connectivity index (χ2v) is 7.34. The predicted molar refractivity (Wildman–Crippen MR) is 88.8 cm³/mol. The fourth-order valence-electron chi connectivity index (χ4n) is 3.24. The first kappa shape index (κ1) is 15.3. The number of hydrogen-bond acceptors (Lipinski definition) is 5. The largest absolute Gasteiger partial charge is 0.317 e. The van der Waals surface area contributed by atoms with Gasteiger partial charge in [0.05, 0.1) is 6.04 Å². The van der Waals surface area contributed by atoms with Crippen LogP contribution in [0.15, 0.2) is 6.20 Å². The van der Waals surface area contributed by atoms with Gasteiger partial charge >= 0.3 is 0 Å². The molecule has 0 bridgehead atoms. The molecule has 1 fully saturated rings. The third kappa shape index (κ3) is 3.58. The van der Waals surface area contributed by atoms with Crippen molar-refractivity contribution < 1.29 is 0 Å². The maximum absolute atomic E-state index is 4.92. The van der Waals surface area contributed by atoms with Gasteiger partial charge < -0.3 is 5.32 Å². The number of aromatic nitrogens is 2. The average Bonchev–Trinajstić information content (AvgIpc) is 2.53. The molecule has 21 heavy (non-hydrogen) atoms. The maximum atomic E-state index is 4.92. The van der Waals surface area contributed by atoms with Crippen LogP contribution >= 0.6 is 11.8 Å². The topological polar surface area (TPSA) is 41.1 Å². The monoisotopic (exact) mass is 306 g/mol. The Morgan fingerprint density at radius 2 is 2.38 bits per heavy atom. The first-order valence-corrected chi connectivity index (χ1v) is 9.26. The smallest absolute Gasteiger partial charge is 0.146 e. The van der Waals surface area contributed by atoms with Crippen molar-refractivity contribution in [2.75, 3.05) is 38.2 Å². The Morgan fingerprint density at radius 1 is 1.48 bits per heavy atom. The standard InChI is InChI=1S/C16H26N4S/c1-3-17-9-12-4-5-14-13(8-12)10-18-16(19-14)15-11-21-7-6-20(15)2/h10,12,15,17H,3-9,11H2,1-2H3. The first-order valence-electron chi connectivity index (χ1n) is 8.11. The molecule has 0 saturated carbocycles. The minimum absolute atomic E-state index is 0.397. The molecule has 1 aromatic heterocycles. The van der Waals surface area contributed by atoms with E-state index in [4.69, 9.17) is 9.97 Å². The van der Waals surface area contributed by atoms with E-state index in [0.29, 0.717) is 6.04 Å². The molecule has 2 heterocycles. The molecule has 2 atom stereocenters. The van der Waals surface area contributed by atoms with Gasteiger partial charge in [-0.25, -0.2) is 9.97 Å². The summed E-state index contributed by atoms with van der Waals surface area (Å²) in [6.07, 6.45) is 5.61. The van der Waals surface area contributed by atoms with Gasteiger partial charge in [-0.1, -0.05) is 6.92 Å². The van der Waals surface area contributed by atoms with Crippen LogP contribution in [0.4, 0.5) is 0 Å².